The van der Waals surface area contributed by atoms with E-state index in [9.17, 15) is 18.0 Å². The van der Waals surface area contributed by atoms with E-state index in [4.69, 9.17) is 4.74 Å². The van der Waals surface area contributed by atoms with E-state index in [1.807, 2.05) is 0 Å². The molecule has 0 saturated heterocycles. The molecule has 0 heterocycles. The van der Waals surface area contributed by atoms with Crippen LogP contribution in [0.15, 0.2) is 12.1 Å². The first-order chi connectivity index (χ1) is 9.58. The largest absolute Gasteiger partial charge is 0.444 e. The molecule has 1 amide bonds. The minimum Gasteiger partial charge on any atom is -0.444 e. The first kappa shape index (κ1) is 17.1. The Morgan fingerprint density at radius 3 is 2.33 bits per heavy atom. The lowest BCUT2D eigenvalue weighted by atomic mass is 10.2. The molecule has 1 rings (SSSR count). The van der Waals surface area contributed by atoms with Gasteiger partial charge in [-0.25, -0.2) is 18.0 Å². The van der Waals surface area contributed by atoms with E-state index in [0.717, 1.165) is 6.07 Å². The number of alkyl carbamates (subject to hydrolysis) is 1. The van der Waals surface area contributed by atoms with Crippen LogP contribution in [0.2, 0.25) is 0 Å². The minimum absolute atomic E-state index is 0.132. The van der Waals surface area contributed by atoms with Gasteiger partial charge < -0.3 is 15.4 Å². The molecule has 4 nitrogen and oxygen atoms in total. The molecule has 1 aromatic rings. The van der Waals surface area contributed by atoms with Crippen molar-refractivity contribution in [2.75, 3.05) is 11.9 Å². The fourth-order valence-electron chi connectivity index (χ4n) is 1.50. The van der Waals surface area contributed by atoms with Crippen LogP contribution < -0.4 is 10.6 Å². The number of amides is 1. The van der Waals surface area contributed by atoms with Crippen LogP contribution in [-0.2, 0) is 4.74 Å². The van der Waals surface area contributed by atoms with Crippen molar-refractivity contribution in [1.29, 1.82) is 0 Å². The molecule has 1 aromatic carbocycles. The maximum absolute atomic E-state index is 13.4. The summed E-state index contributed by atoms with van der Waals surface area (Å²) in [5.41, 5.74) is -0.792. The SMILES string of the molecule is CC(CNC(=O)OC(C)(C)C)Nc1cc(F)c(F)cc1F. The Bertz CT molecular complexity index is 516. The van der Waals surface area contributed by atoms with Crippen molar-refractivity contribution >= 4 is 11.8 Å². The van der Waals surface area contributed by atoms with Gasteiger partial charge in [0.1, 0.15) is 11.4 Å². The lowest BCUT2D eigenvalue weighted by Gasteiger charge is -2.21. The first-order valence-corrected chi connectivity index (χ1v) is 6.46. The van der Waals surface area contributed by atoms with E-state index in [1.54, 1.807) is 27.7 Å². The maximum Gasteiger partial charge on any atom is 0.407 e. The highest BCUT2D eigenvalue weighted by Gasteiger charge is 2.17. The minimum atomic E-state index is -1.25. The van der Waals surface area contributed by atoms with Crippen LogP contribution in [0.4, 0.5) is 23.7 Å². The Labute approximate surface area is 121 Å². The van der Waals surface area contributed by atoms with Gasteiger partial charge in [0.05, 0.1) is 5.69 Å². The van der Waals surface area contributed by atoms with Gasteiger partial charge in [-0.3, -0.25) is 0 Å². The number of anilines is 1. The van der Waals surface area contributed by atoms with Gasteiger partial charge in [0.15, 0.2) is 11.6 Å². The summed E-state index contributed by atoms with van der Waals surface area (Å²) >= 11 is 0. The highest BCUT2D eigenvalue weighted by Crippen LogP contribution is 2.19. The van der Waals surface area contributed by atoms with Crippen molar-refractivity contribution in [2.45, 2.75) is 39.3 Å². The summed E-state index contributed by atoms with van der Waals surface area (Å²) < 4.78 is 44.3. The zero-order valence-electron chi connectivity index (χ0n) is 12.4. The molecule has 2 N–H and O–H groups in total. The average Bonchev–Trinajstić information content (AvgIpc) is 2.31. The molecule has 0 spiro atoms. The van der Waals surface area contributed by atoms with E-state index < -0.39 is 35.2 Å². The molecule has 1 unspecified atom stereocenters. The Hall–Kier alpha value is -1.92. The van der Waals surface area contributed by atoms with Crippen LogP contribution in [0.3, 0.4) is 0 Å². The number of benzene rings is 1. The summed E-state index contributed by atoms with van der Waals surface area (Å²) in [6, 6.07) is 0.789. The number of nitrogens with one attached hydrogen (secondary N) is 2. The molecule has 0 fully saturated rings. The molecule has 21 heavy (non-hydrogen) atoms. The van der Waals surface area contributed by atoms with Crippen LogP contribution in [0.1, 0.15) is 27.7 Å². The van der Waals surface area contributed by atoms with Crippen LogP contribution in [0.5, 0.6) is 0 Å². The van der Waals surface area contributed by atoms with Crippen LogP contribution in [0, 0.1) is 17.5 Å². The summed E-state index contributed by atoms with van der Waals surface area (Å²) in [4.78, 5) is 11.4. The standard InChI is InChI=1S/C14H19F3N2O2/c1-8(7-18-13(20)21-14(2,3)4)19-12-6-10(16)9(15)5-11(12)17/h5-6,8,19H,7H2,1-4H3,(H,18,20). The van der Waals surface area contributed by atoms with E-state index in [0.29, 0.717) is 6.07 Å². The third kappa shape index (κ3) is 5.93. The second-order valence-electron chi connectivity index (χ2n) is 5.67. The third-order valence-electron chi connectivity index (χ3n) is 2.36. The molecule has 0 aliphatic carbocycles. The third-order valence-corrected chi connectivity index (χ3v) is 2.36. The monoisotopic (exact) mass is 304 g/mol. The number of carbonyl (C=O) groups is 1. The Morgan fingerprint density at radius 2 is 1.76 bits per heavy atom. The fraction of sp³-hybridized carbons (Fsp3) is 0.500. The van der Waals surface area contributed by atoms with Gasteiger partial charge in [0.25, 0.3) is 0 Å². The topological polar surface area (TPSA) is 50.4 Å². The van der Waals surface area contributed by atoms with E-state index >= 15 is 0 Å². The molecule has 0 radical (unpaired) electrons. The first-order valence-electron chi connectivity index (χ1n) is 6.46. The second-order valence-corrected chi connectivity index (χ2v) is 5.67. The molecule has 7 heteroatoms. The van der Waals surface area contributed by atoms with Crippen molar-refractivity contribution in [3.63, 3.8) is 0 Å². The quantitative estimate of drug-likeness (QED) is 0.838. The molecule has 0 aliphatic rings. The Kier molecular flexibility index (Phi) is 5.46. The van der Waals surface area contributed by atoms with Crippen molar-refractivity contribution in [3.8, 4) is 0 Å². The van der Waals surface area contributed by atoms with Gasteiger partial charge in [0, 0.05) is 24.7 Å². The van der Waals surface area contributed by atoms with E-state index in [1.165, 1.54) is 0 Å². The van der Waals surface area contributed by atoms with Crippen molar-refractivity contribution in [3.05, 3.63) is 29.6 Å². The second kappa shape index (κ2) is 6.69. The zero-order chi connectivity index (χ0) is 16.2. The smallest absolute Gasteiger partial charge is 0.407 e. The molecule has 0 bridgehead atoms. The van der Waals surface area contributed by atoms with Gasteiger partial charge in [0.2, 0.25) is 0 Å². The summed E-state index contributed by atoms with van der Waals surface area (Å²) in [5, 5.41) is 5.14. The summed E-state index contributed by atoms with van der Waals surface area (Å²) in [6.45, 7) is 6.96. The number of hydrogen-bond donors (Lipinski definition) is 2. The molecule has 0 aliphatic heterocycles. The number of ether oxygens (including phenoxy) is 1. The van der Waals surface area contributed by atoms with Crippen molar-refractivity contribution in [1.82, 2.24) is 5.32 Å². The van der Waals surface area contributed by atoms with Crippen LogP contribution in [0.25, 0.3) is 0 Å². The summed E-state index contributed by atoms with van der Waals surface area (Å²) in [7, 11) is 0. The molecule has 0 aromatic heterocycles. The molecule has 118 valence electrons. The van der Waals surface area contributed by atoms with Crippen molar-refractivity contribution < 1.29 is 22.7 Å². The molecule has 0 saturated carbocycles. The van der Waals surface area contributed by atoms with Gasteiger partial charge in [-0.05, 0) is 27.7 Å². The number of halogens is 3. The number of rotatable bonds is 4. The lowest BCUT2D eigenvalue weighted by Crippen LogP contribution is -2.38. The predicted molar refractivity (Wildman–Crippen MR) is 73.6 cm³/mol. The van der Waals surface area contributed by atoms with Crippen LogP contribution >= 0.6 is 0 Å². The normalized spacial score (nSPS) is 12.7. The van der Waals surface area contributed by atoms with Crippen LogP contribution in [-0.4, -0.2) is 24.3 Å². The number of carbonyl (C=O) groups excluding carboxylic acids is 1. The van der Waals surface area contributed by atoms with Gasteiger partial charge in [-0.1, -0.05) is 0 Å². The zero-order valence-corrected chi connectivity index (χ0v) is 12.4. The predicted octanol–water partition coefficient (Wildman–Crippen LogP) is 3.43. The lowest BCUT2D eigenvalue weighted by molar-refractivity contribution is 0.0526. The summed E-state index contributed by atoms with van der Waals surface area (Å²) in [6.07, 6.45) is -0.609. The highest BCUT2D eigenvalue weighted by atomic mass is 19.2. The average molecular weight is 304 g/mol. The molecular weight excluding hydrogens is 285 g/mol. The molecule has 1 atom stereocenters. The number of hydrogen-bond acceptors (Lipinski definition) is 3. The van der Waals surface area contributed by atoms with Gasteiger partial charge in [-0.15, -0.1) is 0 Å². The Balaban J connectivity index is 2.53. The van der Waals surface area contributed by atoms with E-state index in [-0.39, 0.29) is 12.2 Å². The van der Waals surface area contributed by atoms with Gasteiger partial charge in [-0.2, -0.15) is 0 Å². The van der Waals surface area contributed by atoms with E-state index in [2.05, 4.69) is 10.6 Å². The highest BCUT2D eigenvalue weighted by molar-refractivity contribution is 5.67. The Morgan fingerprint density at radius 1 is 1.19 bits per heavy atom. The fourth-order valence-corrected chi connectivity index (χ4v) is 1.50. The molecular formula is C14H19F3N2O2. The van der Waals surface area contributed by atoms with Gasteiger partial charge >= 0.3 is 6.09 Å². The van der Waals surface area contributed by atoms with Crippen molar-refractivity contribution in [2.24, 2.45) is 0 Å². The maximum atomic E-state index is 13.4. The summed E-state index contributed by atoms with van der Waals surface area (Å²) in [5.74, 6) is -3.30.